The summed E-state index contributed by atoms with van der Waals surface area (Å²) in [5, 5.41) is 0. The number of thioether (sulfide) groups is 1. The smallest absolute Gasteiger partial charge is 0.244 e. The van der Waals surface area contributed by atoms with Crippen LogP contribution in [0.3, 0.4) is 0 Å². The number of benzene rings is 1. The zero-order chi connectivity index (χ0) is 13.2. The first-order valence-corrected chi connectivity index (χ1v) is 7.80. The Hall–Kier alpha value is -1.07. The maximum absolute atomic E-state index is 13.8. The highest BCUT2D eigenvalue weighted by atomic mass is 32.2. The van der Waals surface area contributed by atoms with Crippen LogP contribution in [0.2, 0.25) is 0 Å². The number of hydrogen-bond donors (Lipinski definition) is 0. The Bertz CT molecular complexity index is 476. The van der Waals surface area contributed by atoms with Crippen molar-refractivity contribution < 1.29 is 9.18 Å². The first-order chi connectivity index (χ1) is 9.27. The Morgan fingerprint density at radius 2 is 1.89 bits per heavy atom. The lowest BCUT2D eigenvalue weighted by atomic mass is 10.2. The van der Waals surface area contributed by atoms with Crippen molar-refractivity contribution in [3.8, 4) is 0 Å². The molecule has 0 radical (unpaired) electrons. The van der Waals surface area contributed by atoms with Gasteiger partial charge in [-0.05, 0) is 18.6 Å². The largest absolute Gasteiger partial charge is 0.308 e. The minimum Gasteiger partial charge on any atom is -0.308 e. The molecule has 0 bridgehead atoms. The molecule has 2 heterocycles. The van der Waals surface area contributed by atoms with E-state index in [2.05, 4.69) is 4.90 Å². The molecule has 3 nitrogen and oxygen atoms in total. The molecule has 0 aliphatic carbocycles. The van der Waals surface area contributed by atoms with Crippen molar-refractivity contribution in [1.82, 2.24) is 4.90 Å². The highest BCUT2D eigenvalue weighted by Crippen LogP contribution is 2.27. The minimum atomic E-state index is -0.314. The van der Waals surface area contributed by atoms with Gasteiger partial charge >= 0.3 is 0 Å². The first-order valence-electron chi connectivity index (χ1n) is 6.65. The predicted octanol–water partition coefficient (Wildman–Crippen LogP) is 1.98. The molecule has 1 atom stereocenters. The van der Waals surface area contributed by atoms with Gasteiger partial charge in [0.15, 0.2) is 0 Å². The highest BCUT2D eigenvalue weighted by molar-refractivity contribution is 7.99. The summed E-state index contributed by atoms with van der Waals surface area (Å²) in [7, 11) is 0. The van der Waals surface area contributed by atoms with Gasteiger partial charge in [-0.3, -0.25) is 9.69 Å². The van der Waals surface area contributed by atoms with Crippen molar-refractivity contribution in [2.45, 2.75) is 12.5 Å². The van der Waals surface area contributed by atoms with E-state index in [1.165, 1.54) is 6.07 Å². The summed E-state index contributed by atoms with van der Waals surface area (Å²) in [5.41, 5.74) is 0.418. The standard InChI is InChI=1S/C14H17FN2OS/c15-11-3-1-2-4-12(11)17-6-5-13(14(17)18)16-7-9-19-10-8-16/h1-4,13H,5-10H2/t13-/m1/s1. The van der Waals surface area contributed by atoms with Crippen LogP contribution in [-0.4, -0.2) is 48.0 Å². The van der Waals surface area contributed by atoms with Gasteiger partial charge in [-0.1, -0.05) is 12.1 Å². The molecule has 5 heteroatoms. The molecule has 19 heavy (non-hydrogen) atoms. The number of nitrogens with zero attached hydrogens (tertiary/aromatic N) is 2. The number of amides is 1. The van der Waals surface area contributed by atoms with Gasteiger partial charge in [-0.2, -0.15) is 11.8 Å². The van der Waals surface area contributed by atoms with Gasteiger partial charge < -0.3 is 4.90 Å². The van der Waals surface area contributed by atoms with E-state index in [0.29, 0.717) is 12.2 Å². The third-order valence-corrected chi connectivity index (χ3v) is 4.75. The number of para-hydroxylation sites is 1. The van der Waals surface area contributed by atoms with Crippen LogP contribution in [0.4, 0.5) is 10.1 Å². The second-order valence-corrected chi connectivity index (χ2v) is 6.12. The minimum absolute atomic E-state index is 0.0528. The molecule has 0 spiro atoms. The molecule has 102 valence electrons. The molecule has 0 saturated carbocycles. The van der Waals surface area contributed by atoms with E-state index in [1.54, 1.807) is 23.1 Å². The third kappa shape index (κ3) is 2.49. The second kappa shape index (κ2) is 5.51. The van der Waals surface area contributed by atoms with Crippen molar-refractivity contribution in [1.29, 1.82) is 0 Å². The lowest BCUT2D eigenvalue weighted by Crippen LogP contribution is -2.45. The van der Waals surface area contributed by atoms with Gasteiger partial charge in [0.25, 0.3) is 0 Å². The van der Waals surface area contributed by atoms with E-state index < -0.39 is 0 Å². The van der Waals surface area contributed by atoms with Crippen molar-refractivity contribution in [3.63, 3.8) is 0 Å². The molecule has 1 amide bonds. The summed E-state index contributed by atoms with van der Waals surface area (Å²) in [6.45, 7) is 2.55. The number of carbonyl (C=O) groups is 1. The SMILES string of the molecule is O=C1[C@H](N2CCSCC2)CCN1c1ccccc1F. The Kier molecular flexibility index (Phi) is 3.75. The molecule has 2 saturated heterocycles. The zero-order valence-corrected chi connectivity index (χ0v) is 11.5. The quantitative estimate of drug-likeness (QED) is 0.827. The summed E-state index contributed by atoms with van der Waals surface area (Å²) in [6.07, 6.45) is 0.803. The van der Waals surface area contributed by atoms with E-state index in [4.69, 9.17) is 0 Å². The second-order valence-electron chi connectivity index (χ2n) is 4.89. The average molecular weight is 280 g/mol. The average Bonchev–Trinajstić information content (AvgIpc) is 2.82. The summed E-state index contributed by atoms with van der Waals surface area (Å²) in [5.74, 6) is 1.91. The molecular weight excluding hydrogens is 263 g/mol. The van der Waals surface area contributed by atoms with E-state index >= 15 is 0 Å². The van der Waals surface area contributed by atoms with E-state index in [9.17, 15) is 9.18 Å². The van der Waals surface area contributed by atoms with E-state index in [1.807, 2.05) is 11.8 Å². The fraction of sp³-hybridized carbons (Fsp3) is 0.500. The molecular formula is C14H17FN2OS. The molecule has 2 aliphatic rings. The van der Waals surface area contributed by atoms with Crippen molar-refractivity contribution in [2.24, 2.45) is 0 Å². The molecule has 2 fully saturated rings. The number of anilines is 1. The van der Waals surface area contributed by atoms with Crippen LogP contribution >= 0.6 is 11.8 Å². The predicted molar refractivity (Wildman–Crippen MR) is 76.1 cm³/mol. The topological polar surface area (TPSA) is 23.6 Å². The molecule has 2 aliphatic heterocycles. The first kappa shape index (κ1) is 12.9. The van der Waals surface area contributed by atoms with Crippen LogP contribution in [0.5, 0.6) is 0 Å². The number of rotatable bonds is 2. The number of hydrogen-bond acceptors (Lipinski definition) is 3. The molecule has 0 N–H and O–H groups in total. The molecule has 0 aromatic heterocycles. The molecule has 3 rings (SSSR count). The van der Waals surface area contributed by atoms with E-state index in [0.717, 1.165) is 31.0 Å². The monoisotopic (exact) mass is 280 g/mol. The van der Waals surface area contributed by atoms with Crippen LogP contribution in [0.25, 0.3) is 0 Å². The maximum atomic E-state index is 13.8. The van der Waals surface area contributed by atoms with Gasteiger partial charge in [-0.25, -0.2) is 4.39 Å². The van der Waals surface area contributed by atoms with Crippen LogP contribution in [0.1, 0.15) is 6.42 Å². The number of halogens is 1. The Balaban J connectivity index is 1.76. The van der Waals surface area contributed by atoms with Crippen LogP contribution in [-0.2, 0) is 4.79 Å². The molecule has 1 aromatic carbocycles. The van der Waals surface area contributed by atoms with Crippen molar-refractivity contribution >= 4 is 23.4 Å². The zero-order valence-electron chi connectivity index (χ0n) is 10.7. The lowest BCUT2D eigenvalue weighted by Gasteiger charge is -2.30. The number of carbonyl (C=O) groups excluding carboxylic acids is 1. The summed E-state index contributed by atoms with van der Waals surface area (Å²) in [6, 6.07) is 6.46. The van der Waals surface area contributed by atoms with Gasteiger partial charge in [0, 0.05) is 31.1 Å². The lowest BCUT2D eigenvalue weighted by molar-refractivity contribution is -0.121. The summed E-state index contributed by atoms with van der Waals surface area (Å²) >= 11 is 1.93. The molecule has 1 aromatic rings. The Morgan fingerprint density at radius 1 is 1.16 bits per heavy atom. The van der Waals surface area contributed by atoms with Crippen LogP contribution in [0.15, 0.2) is 24.3 Å². The van der Waals surface area contributed by atoms with Gasteiger partial charge in [0.05, 0.1) is 11.7 Å². The van der Waals surface area contributed by atoms with Crippen molar-refractivity contribution in [2.75, 3.05) is 36.0 Å². The fourth-order valence-electron chi connectivity index (χ4n) is 2.80. The van der Waals surface area contributed by atoms with Crippen LogP contribution < -0.4 is 4.90 Å². The molecule has 0 unspecified atom stereocenters. The van der Waals surface area contributed by atoms with Gasteiger partial charge in [0.1, 0.15) is 5.82 Å². The summed E-state index contributed by atoms with van der Waals surface area (Å²) < 4.78 is 13.8. The third-order valence-electron chi connectivity index (χ3n) is 3.81. The summed E-state index contributed by atoms with van der Waals surface area (Å²) in [4.78, 5) is 16.3. The van der Waals surface area contributed by atoms with Gasteiger partial charge in [-0.15, -0.1) is 0 Å². The van der Waals surface area contributed by atoms with Gasteiger partial charge in [0.2, 0.25) is 5.91 Å². The normalized spacial score (nSPS) is 25.0. The van der Waals surface area contributed by atoms with Crippen LogP contribution in [0, 0.1) is 5.82 Å². The Labute approximate surface area is 116 Å². The van der Waals surface area contributed by atoms with Crippen molar-refractivity contribution in [3.05, 3.63) is 30.1 Å². The highest BCUT2D eigenvalue weighted by Gasteiger charge is 2.37. The fourth-order valence-corrected chi connectivity index (χ4v) is 3.73. The van der Waals surface area contributed by atoms with E-state index in [-0.39, 0.29) is 17.8 Å². The maximum Gasteiger partial charge on any atom is 0.244 e. The Morgan fingerprint density at radius 3 is 2.63 bits per heavy atom.